The SMILES string of the molecule is O=C(Nc1cccnc1)c1cc2c(cc1[N+](=O)[O-])CCCCO2. The molecule has 1 aliphatic rings. The molecule has 0 saturated heterocycles. The highest BCUT2D eigenvalue weighted by atomic mass is 16.6. The van der Waals surface area contributed by atoms with Crippen LogP contribution in [0.1, 0.15) is 28.8 Å². The minimum atomic E-state index is -0.555. The molecular formula is C16H15N3O4. The molecule has 1 aliphatic heterocycles. The van der Waals surface area contributed by atoms with E-state index in [-0.39, 0.29) is 11.3 Å². The average Bonchev–Trinajstić information content (AvgIpc) is 2.79. The second-order valence-electron chi connectivity index (χ2n) is 5.24. The van der Waals surface area contributed by atoms with Crippen LogP contribution in [0.25, 0.3) is 0 Å². The highest BCUT2D eigenvalue weighted by Gasteiger charge is 2.25. The molecule has 23 heavy (non-hydrogen) atoms. The number of aromatic nitrogens is 1. The molecule has 0 fully saturated rings. The van der Waals surface area contributed by atoms with Gasteiger partial charge in [-0.15, -0.1) is 0 Å². The molecule has 7 heteroatoms. The lowest BCUT2D eigenvalue weighted by atomic mass is 10.0. The normalized spacial score (nSPS) is 13.4. The fraction of sp³-hybridized carbons (Fsp3) is 0.250. The molecule has 1 amide bonds. The zero-order valence-electron chi connectivity index (χ0n) is 12.3. The number of anilines is 1. The highest BCUT2D eigenvalue weighted by molar-refractivity contribution is 6.07. The molecule has 0 spiro atoms. The third-order valence-electron chi connectivity index (χ3n) is 3.64. The van der Waals surface area contributed by atoms with Crippen molar-refractivity contribution in [2.24, 2.45) is 0 Å². The van der Waals surface area contributed by atoms with Crippen LogP contribution in [0.2, 0.25) is 0 Å². The number of nitro groups is 1. The number of hydrogen-bond acceptors (Lipinski definition) is 5. The van der Waals surface area contributed by atoms with Crippen molar-refractivity contribution in [3.8, 4) is 5.75 Å². The van der Waals surface area contributed by atoms with E-state index in [0.29, 0.717) is 24.5 Å². The fourth-order valence-corrected chi connectivity index (χ4v) is 2.51. The fourth-order valence-electron chi connectivity index (χ4n) is 2.51. The van der Waals surface area contributed by atoms with Gasteiger partial charge in [0.25, 0.3) is 11.6 Å². The van der Waals surface area contributed by atoms with Gasteiger partial charge < -0.3 is 10.1 Å². The molecule has 0 atom stereocenters. The molecule has 3 rings (SSSR count). The predicted octanol–water partition coefficient (Wildman–Crippen LogP) is 2.96. The van der Waals surface area contributed by atoms with Crippen LogP contribution in [-0.4, -0.2) is 22.4 Å². The van der Waals surface area contributed by atoms with E-state index in [4.69, 9.17) is 4.74 Å². The van der Waals surface area contributed by atoms with Gasteiger partial charge >= 0.3 is 0 Å². The largest absolute Gasteiger partial charge is 0.493 e. The first-order valence-corrected chi connectivity index (χ1v) is 7.30. The van der Waals surface area contributed by atoms with Crippen LogP contribution in [0.5, 0.6) is 5.75 Å². The Hall–Kier alpha value is -2.96. The van der Waals surface area contributed by atoms with Gasteiger partial charge in [0.1, 0.15) is 11.3 Å². The number of hydrogen-bond donors (Lipinski definition) is 1. The van der Waals surface area contributed by atoms with E-state index < -0.39 is 10.8 Å². The van der Waals surface area contributed by atoms with E-state index in [1.165, 1.54) is 18.3 Å². The monoisotopic (exact) mass is 313 g/mol. The van der Waals surface area contributed by atoms with Gasteiger partial charge in [0.05, 0.1) is 23.4 Å². The minimum Gasteiger partial charge on any atom is -0.493 e. The number of pyridine rings is 1. The van der Waals surface area contributed by atoms with Gasteiger partial charge in [-0.05, 0) is 31.4 Å². The van der Waals surface area contributed by atoms with Crippen LogP contribution in [0.4, 0.5) is 11.4 Å². The Balaban J connectivity index is 1.98. The van der Waals surface area contributed by atoms with Crippen molar-refractivity contribution in [1.29, 1.82) is 0 Å². The molecule has 1 N–H and O–H groups in total. The first-order valence-electron chi connectivity index (χ1n) is 7.30. The molecule has 0 unspecified atom stereocenters. The van der Waals surface area contributed by atoms with Crippen LogP contribution >= 0.6 is 0 Å². The number of aryl methyl sites for hydroxylation is 1. The van der Waals surface area contributed by atoms with E-state index in [1.807, 2.05) is 0 Å². The second-order valence-corrected chi connectivity index (χ2v) is 5.24. The smallest absolute Gasteiger partial charge is 0.282 e. The topological polar surface area (TPSA) is 94.4 Å². The lowest BCUT2D eigenvalue weighted by Crippen LogP contribution is -2.15. The van der Waals surface area contributed by atoms with Gasteiger partial charge in [-0.25, -0.2) is 0 Å². The van der Waals surface area contributed by atoms with E-state index in [0.717, 1.165) is 18.4 Å². The number of rotatable bonds is 3. The second kappa shape index (κ2) is 6.43. The van der Waals surface area contributed by atoms with Crippen molar-refractivity contribution >= 4 is 17.3 Å². The average molecular weight is 313 g/mol. The molecule has 7 nitrogen and oxygen atoms in total. The predicted molar refractivity (Wildman–Crippen MR) is 83.7 cm³/mol. The lowest BCUT2D eigenvalue weighted by molar-refractivity contribution is -0.385. The number of benzene rings is 1. The molecule has 0 aliphatic carbocycles. The van der Waals surface area contributed by atoms with E-state index in [1.54, 1.807) is 18.3 Å². The number of ether oxygens (including phenoxy) is 1. The van der Waals surface area contributed by atoms with Crippen LogP contribution in [0, 0.1) is 10.1 Å². The summed E-state index contributed by atoms with van der Waals surface area (Å²) in [6.45, 7) is 0.550. The summed E-state index contributed by atoms with van der Waals surface area (Å²) in [4.78, 5) is 27.1. The summed E-state index contributed by atoms with van der Waals surface area (Å²) in [5.74, 6) is -0.00946. The maximum Gasteiger partial charge on any atom is 0.282 e. The number of nitrogens with one attached hydrogen (secondary N) is 1. The molecule has 0 saturated carbocycles. The van der Waals surface area contributed by atoms with Crippen LogP contribution in [-0.2, 0) is 6.42 Å². The molecule has 2 aromatic rings. The third kappa shape index (κ3) is 3.28. The zero-order valence-corrected chi connectivity index (χ0v) is 12.3. The van der Waals surface area contributed by atoms with Gasteiger partial charge in [-0.1, -0.05) is 0 Å². The van der Waals surface area contributed by atoms with Gasteiger partial charge in [0.2, 0.25) is 0 Å². The molecule has 2 heterocycles. The summed E-state index contributed by atoms with van der Waals surface area (Å²) >= 11 is 0. The molecule has 118 valence electrons. The number of fused-ring (bicyclic) bond motifs is 1. The Morgan fingerprint density at radius 1 is 1.35 bits per heavy atom. The maximum absolute atomic E-state index is 12.4. The van der Waals surface area contributed by atoms with Crippen LogP contribution in [0.15, 0.2) is 36.7 Å². The van der Waals surface area contributed by atoms with Gasteiger partial charge in [-0.2, -0.15) is 0 Å². The van der Waals surface area contributed by atoms with Crippen molar-refractivity contribution in [1.82, 2.24) is 4.98 Å². The summed E-state index contributed by atoms with van der Waals surface area (Å²) in [7, 11) is 0. The van der Waals surface area contributed by atoms with Crippen molar-refractivity contribution in [3.63, 3.8) is 0 Å². The van der Waals surface area contributed by atoms with E-state index in [9.17, 15) is 14.9 Å². The Kier molecular flexibility index (Phi) is 4.18. The number of nitrogens with zero attached hydrogens (tertiary/aromatic N) is 2. The van der Waals surface area contributed by atoms with E-state index >= 15 is 0 Å². The summed E-state index contributed by atoms with van der Waals surface area (Å²) in [5.41, 5.74) is 1.02. The molecule has 0 bridgehead atoms. The highest BCUT2D eigenvalue weighted by Crippen LogP contribution is 2.32. The number of carbonyl (C=O) groups excluding carboxylic acids is 1. The summed E-state index contributed by atoms with van der Waals surface area (Å²) in [6, 6.07) is 6.24. The van der Waals surface area contributed by atoms with Crippen molar-refractivity contribution in [2.45, 2.75) is 19.3 Å². The van der Waals surface area contributed by atoms with Crippen LogP contribution < -0.4 is 10.1 Å². The minimum absolute atomic E-state index is 0.0143. The Labute approximate surface area is 132 Å². The summed E-state index contributed by atoms with van der Waals surface area (Å²) in [5, 5.41) is 13.9. The summed E-state index contributed by atoms with van der Waals surface area (Å²) < 4.78 is 5.61. The molecule has 1 aromatic heterocycles. The van der Waals surface area contributed by atoms with Gasteiger partial charge in [0.15, 0.2) is 0 Å². The number of amides is 1. The Morgan fingerprint density at radius 2 is 2.22 bits per heavy atom. The van der Waals surface area contributed by atoms with Gasteiger partial charge in [-0.3, -0.25) is 19.9 Å². The van der Waals surface area contributed by atoms with Crippen molar-refractivity contribution in [3.05, 3.63) is 57.9 Å². The first kappa shape index (κ1) is 15.0. The number of nitro benzene ring substituents is 1. The number of carbonyl (C=O) groups is 1. The first-order chi connectivity index (χ1) is 11.1. The Morgan fingerprint density at radius 3 is 2.96 bits per heavy atom. The van der Waals surface area contributed by atoms with E-state index in [2.05, 4.69) is 10.3 Å². The third-order valence-corrected chi connectivity index (χ3v) is 3.64. The van der Waals surface area contributed by atoms with Crippen molar-refractivity contribution < 1.29 is 14.5 Å². The standard InChI is InChI=1S/C16H15N3O4/c20-16(18-12-5-3-6-17-10-12)13-9-15-11(4-1-2-7-23-15)8-14(13)19(21)22/h3,5-6,8-10H,1-2,4,7H2,(H,18,20). The molecular weight excluding hydrogens is 298 g/mol. The van der Waals surface area contributed by atoms with Gasteiger partial charge in [0, 0.05) is 23.9 Å². The Bertz CT molecular complexity index is 746. The quantitative estimate of drug-likeness (QED) is 0.694. The molecule has 1 aromatic carbocycles. The molecule has 0 radical (unpaired) electrons. The summed E-state index contributed by atoms with van der Waals surface area (Å²) in [6.07, 6.45) is 5.56. The zero-order chi connectivity index (χ0) is 16.2. The van der Waals surface area contributed by atoms with Crippen LogP contribution in [0.3, 0.4) is 0 Å². The maximum atomic E-state index is 12.4. The lowest BCUT2D eigenvalue weighted by Gasteiger charge is -2.11. The van der Waals surface area contributed by atoms with Crippen molar-refractivity contribution in [2.75, 3.05) is 11.9 Å².